The van der Waals surface area contributed by atoms with E-state index in [0.717, 1.165) is 10.0 Å². The second-order valence-electron chi connectivity index (χ2n) is 6.49. The molecule has 2 amide bonds. The Labute approximate surface area is 148 Å². The normalized spacial score (nSPS) is 23.5. The third-order valence-electron chi connectivity index (χ3n) is 4.99. The largest absolute Gasteiger partial charge is 0.481 e. The Morgan fingerprint density at radius 1 is 1.21 bits per heavy atom. The van der Waals surface area contributed by atoms with Gasteiger partial charge in [-0.05, 0) is 55.4 Å². The van der Waals surface area contributed by atoms with Crippen LogP contribution < -0.4 is 5.32 Å². The smallest absolute Gasteiger partial charge is 0.317 e. The van der Waals surface area contributed by atoms with Gasteiger partial charge in [-0.1, -0.05) is 15.9 Å². The Hall–Kier alpha value is -1.63. The number of carboxylic acid groups (broad SMARTS) is 1. The van der Waals surface area contributed by atoms with Crippen molar-refractivity contribution in [2.45, 2.75) is 44.7 Å². The van der Waals surface area contributed by atoms with Crippen molar-refractivity contribution in [1.82, 2.24) is 10.2 Å². The summed E-state index contributed by atoms with van der Waals surface area (Å²) in [4.78, 5) is 25.1. The Morgan fingerprint density at radius 3 is 2.58 bits per heavy atom. The number of benzene rings is 1. The summed E-state index contributed by atoms with van der Waals surface area (Å²) in [5, 5.41) is 12.0. The molecule has 2 N–H and O–H groups in total. The highest BCUT2D eigenvalue weighted by atomic mass is 79.9. The topological polar surface area (TPSA) is 69.6 Å². The van der Waals surface area contributed by atoms with Gasteiger partial charge in [0.05, 0.1) is 5.92 Å². The summed E-state index contributed by atoms with van der Waals surface area (Å²) in [6.07, 6.45) is 3.07. The Morgan fingerprint density at radius 2 is 1.92 bits per heavy atom. The van der Waals surface area contributed by atoms with Crippen LogP contribution in [-0.4, -0.2) is 34.6 Å². The third-order valence-corrected chi connectivity index (χ3v) is 5.73. The predicted octanol–water partition coefficient (Wildman–Crippen LogP) is 3.30. The first kappa shape index (κ1) is 17.2. The van der Waals surface area contributed by atoms with E-state index in [1.165, 1.54) is 6.07 Å². The molecule has 5 nitrogen and oxygen atoms in total. The van der Waals surface area contributed by atoms with Gasteiger partial charge in [0, 0.05) is 23.6 Å². The summed E-state index contributed by atoms with van der Waals surface area (Å²) in [6.45, 7) is 0.862. The first-order chi connectivity index (χ1) is 11.5. The SMILES string of the molecule is O=C(O)C1CCC(NC(=O)N2CCc3c(F)ccc(Br)c3C2)CC1. The van der Waals surface area contributed by atoms with Gasteiger partial charge in [-0.15, -0.1) is 0 Å². The molecule has 2 aliphatic rings. The summed E-state index contributed by atoms with van der Waals surface area (Å²) in [7, 11) is 0. The average molecular weight is 399 g/mol. The molecule has 1 aromatic rings. The third kappa shape index (κ3) is 3.55. The van der Waals surface area contributed by atoms with Gasteiger partial charge in [-0.25, -0.2) is 9.18 Å². The van der Waals surface area contributed by atoms with Gasteiger partial charge >= 0.3 is 12.0 Å². The van der Waals surface area contributed by atoms with E-state index in [1.807, 2.05) is 0 Å². The molecule has 7 heteroatoms. The summed E-state index contributed by atoms with van der Waals surface area (Å²) >= 11 is 3.43. The minimum Gasteiger partial charge on any atom is -0.481 e. The van der Waals surface area contributed by atoms with Crippen LogP contribution in [0.2, 0.25) is 0 Å². The highest BCUT2D eigenvalue weighted by Gasteiger charge is 2.29. The Balaban J connectivity index is 1.59. The number of hydrogen-bond donors (Lipinski definition) is 2. The molecular formula is C17H20BrFN2O3. The molecule has 1 aliphatic heterocycles. The van der Waals surface area contributed by atoms with Crippen LogP contribution >= 0.6 is 15.9 Å². The molecular weight excluding hydrogens is 379 g/mol. The lowest BCUT2D eigenvalue weighted by Gasteiger charge is -2.33. The average Bonchev–Trinajstić information content (AvgIpc) is 2.58. The Bertz CT molecular complexity index is 659. The van der Waals surface area contributed by atoms with Crippen LogP contribution in [-0.2, 0) is 17.8 Å². The molecule has 0 atom stereocenters. The Kier molecular flexibility index (Phi) is 5.08. The van der Waals surface area contributed by atoms with Crippen molar-refractivity contribution < 1.29 is 19.1 Å². The van der Waals surface area contributed by atoms with Crippen molar-refractivity contribution in [1.29, 1.82) is 0 Å². The van der Waals surface area contributed by atoms with Crippen LogP contribution in [0, 0.1) is 11.7 Å². The lowest BCUT2D eigenvalue weighted by Crippen LogP contribution is -2.48. The van der Waals surface area contributed by atoms with E-state index in [4.69, 9.17) is 5.11 Å². The molecule has 1 aliphatic carbocycles. The van der Waals surface area contributed by atoms with Gasteiger partial charge in [0.1, 0.15) is 5.82 Å². The van der Waals surface area contributed by atoms with Gasteiger partial charge in [0.25, 0.3) is 0 Å². The van der Waals surface area contributed by atoms with E-state index < -0.39 is 5.97 Å². The predicted molar refractivity (Wildman–Crippen MR) is 90.1 cm³/mol. The van der Waals surface area contributed by atoms with Crippen molar-refractivity contribution in [2.75, 3.05) is 6.54 Å². The van der Waals surface area contributed by atoms with Crippen LogP contribution in [0.25, 0.3) is 0 Å². The zero-order valence-electron chi connectivity index (χ0n) is 13.2. The standard InChI is InChI=1S/C17H20BrFN2O3/c18-14-5-6-15(19)12-7-8-21(9-13(12)14)17(24)20-11-3-1-10(2-4-11)16(22)23/h5-6,10-11H,1-4,7-9H2,(H,20,24)(H,22,23). The van der Waals surface area contributed by atoms with Gasteiger partial charge in [-0.3, -0.25) is 4.79 Å². The van der Waals surface area contributed by atoms with E-state index in [-0.39, 0.29) is 23.8 Å². The fourth-order valence-corrected chi connectivity index (χ4v) is 4.01. The number of fused-ring (bicyclic) bond motifs is 1. The molecule has 0 spiro atoms. The van der Waals surface area contributed by atoms with Crippen molar-refractivity contribution in [3.05, 3.63) is 33.5 Å². The number of amides is 2. The monoisotopic (exact) mass is 398 g/mol. The molecule has 1 saturated carbocycles. The second-order valence-corrected chi connectivity index (χ2v) is 7.35. The van der Waals surface area contributed by atoms with Crippen LogP contribution in [0.4, 0.5) is 9.18 Å². The highest BCUT2D eigenvalue weighted by Crippen LogP contribution is 2.29. The van der Waals surface area contributed by atoms with Crippen LogP contribution in [0.5, 0.6) is 0 Å². The molecule has 0 bridgehead atoms. The second kappa shape index (κ2) is 7.09. The number of carbonyl (C=O) groups is 2. The number of nitrogens with one attached hydrogen (secondary N) is 1. The van der Waals surface area contributed by atoms with Crippen LogP contribution in [0.15, 0.2) is 16.6 Å². The number of nitrogens with zero attached hydrogens (tertiary/aromatic N) is 1. The molecule has 1 fully saturated rings. The zero-order chi connectivity index (χ0) is 17.3. The molecule has 1 heterocycles. The molecule has 24 heavy (non-hydrogen) atoms. The van der Waals surface area contributed by atoms with E-state index in [2.05, 4.69) is 21.2 Å². The summed E-state index contributed by atoms with van der Waals surface area (Å²) in [6, 6.07) is 2.98. The fraction of sp³-hybridized carbons (Fsp3) is 0.529. The molecule has 130 valence electrons. The number of halogens is 2. The zero-order valence-corrected chi connectivity index (χ0v) is 14.8. The first-order valence-corrected chi connectivity index (χ1v) is 8.99. The lowest BCUT2D eigenvalue weighted by atomic mass is 9.86. The maximum atomic E-state index is 13.9. The number of carboxylic acids is 1. The number of carbonyl (C=O) groups excluding carboxylic acids is 1. The summed E-state index contributed by atoms with van der Waals surface area (Å²) in [5.41, 5.74) is 1.50. The van der Waals surface area contributed by atoms with Crippen molar-refractivity contribution in [2.24, 2.45) is 5.92 Å². The molecule has 0 aromatic heterocycles. The highest BCUT2D eigenvalue weighted by molar-refractivity contribution is 9.10. The number of urea groups is 1. The van der Waals surface area contributed by atoms with E-state index in [0.29, 0.717) is 50.8 Å². The lowest BCUT2D eigenvalue weighted by molar-refractivity contribution is -0.142. The summed E-state index contributed by atoms with van der Waals surface area (Å²) < 4.78 is 14.7. The minimum atomic E-state index is -0.751. The van der Waals surface area contributed by atoms with Crippen LogP contribution in [0.3, 0.4) is 0 Å². The first-order valence-electron chi connectivity index (χ1n) is 8.19. The summed E-state index contributed by atoms with van der Waals surface area (Å²) in [5.74, 6) is -1.27. The van der Waals surface area contributed by atoms with E-state index in [1.54, 1.807) is 11.0 Å². The molecule has 0 unspecified atom stereocenters. The number of aliphatic carboxylic acids is 1. The maximum Gasteiger partial charge on any atom is 0.317 e. The maximum absolute atomic E-state index is 13.9. The molecule has 0 radical (unpaired) electrons. The van der Waals surface area contributed by atoms with Crippen LogP contribution in [0.1, 0.15) is 36.8 Å². The van der Waals surface area contributed by atoms with Crippen molar-refractivity contribution in [3.8, 4) is 0 Å². The van der Waals surface area contributed by atoms with E-state index >= 15 is 0 Å². The molecule has 3 rings (SSSR count). The number of rotatable bonds is 2. The fourth-order valence-electron chi connectivity index (χ4n) is 3.52. The quantitative estimate of drug-likeness (QED) is 0.802. The van der Waals surface area contributed by atoms with Gasteiger partial charge in [-0.2, -0.15) is 0 Å². The minimum absolute atomic E-state index is 0.0189. The number of hydrogen-bond acceptors (Lipinski definition) is 2. The van der Waals surface area contributed by atoms with Gasteiger partial charge in [0.15, 0.2) is 0 Å². The molecule has 1 aromatic carbocycles. The van der Waals surface area contributed by atoms with Gasteiger partial charge in [0.2, 0.25) is 0 Å². The van der Waals surface area contributed by atoms with Crippen molar-refractivity contribution >= 4 is 27.9 Å². The molecule has 0 saturated heterocycles. The van der Waals surface area contributed by atoms with E-state index in [9.17, 15) is 14.0 Å². The van der Waals surface area contributed by atoms with Crippen molar-refractivity contribution in [3.63, 3.8) is 0 Å². The van der Waals surface area contributed by atoms with Gasteiger partial charge < -0.3 is 15.3 Å².